The molecule has 3 rings (SSSR count). The number of likely N-dealkylation sites (tertiary alicyclic amines) is 1. The molecule has 1 aliphatic rings. The first kappa shape index (κ1) is 16.1. The van der Waals surface area contributed by atoms with Crippen molar-refractivity contribution in [3.8, 4) is 0 Å². The average molecular weight is 330 g/mol. The Hall–Kier alpha value is -1.79. The van der Waals surface area contributed by atoms with E-state index in [0.717, 1.165) is 47.2 Å². The first-order valence-electron chi connectivity index (χ1n) is 7.99. The Bertz CT molecular complexity index is 677. The van der Waals surface area contributed by atoms with Crippen LogP contribution in [0.3, 0.4) is 0 Å². The molecule has 2 aromatic rings. The van der Waals surface area contributed by atoms with Crippen molar-refractivity contribution in [3.63, 3.8) is 0 Å². The number of benzene rings is 1. The van der Waals surface area contributed by atoms with Crippen LogP contribution in [0.5, 0.6) is 0 Å². The van der Waals surface area contributed by atoms with E-state index in [1.54, 1.807) is 11.3 Å². The van der Waals surface area contributed by atoms with Gasteiger partial charge in [-0.2, -0.15) is 0 Å². The summed E-state index contributed by atoms with van der Waals surface area (Å²) >= 11 is 1.69. The molecule has 1 amide bonds. The number of carbonyl (C=O) groups is 1. The van der Waals surface area contributed by atoms with Gasteiger partial charge in [-0.25, -0.2) is 0 Å². The molecular formula is C17H22N4OS. The number of hydrogen-bond acceptors (Lipinski definition) is 5. The van der Waals surface area contributed by atoms with E-state index in [0.29, 0.717) is 12.5 Å². The summed E-state index contributed by atoms with van der Waals surface area (Å²) in [5, 5.41) is 13.5. The molecule has 0 aliphatic carbocycles. The first-order chi connectivity index (χ1) is 11.1. The average Bonchev–Trinajstić information content (AvgIpc) is 2.97. The second kappa shape index (κ2) is 7.19. The Morgan fingerprint density at radius 1 is 1.26 bits per heavy atom. The van der Waals surface area contributed by atoms with Crippen molar-refractivity contribution in [2.45, 2.75) is 32.6 Å². The smallest absolute Gasteiger partial charge is 0.238 e. The highest BCUT2D eigenvalue weighted by Gasteiger charge is 2.24. The lowest BCUT2D eigenvalue weighted by molar-refractivity contribution is -0.117. The number of rotatable bonds is 4. The van der Waals surface area contributed by atoms with Crippen LogP contribution in [-0.2, 0) is 4.79 Å². The predicted molar refractivity (Wildman–Crippen MR) is 92.9 cm³/mol. The van der Waals surface area contributed by atoms with Gasteiger partial charge in [-0.15, -0.1) is 21.5 Å². The third kappa shape index (κ3) is 4.14. The Morgan fingerprint density at radius 3 is 2.65 bits per heavy atom. The second-order valence-corrected chi connectivity index (χ2v) is 7.29. The third-order valence-electron chi connectivity index (χ3n) is 4.26. The van der Waals surface area contributed by atoms with Crippen LogP contribution in [0.4, 0.5) is 5.69 Å². The highest BCUT2D eigenvalue weighted by atomic mass is 32.1. The molecule has 122 valence electrons. The molecule has 0 spiro atoms. The number of nitrogens with zero attached hydrogens (tertiary/aromatic N) is 3. The zero-order chi connectivity index (χ0) is 16.2. The summed E-state index contributed by atoms with van der Waals surface area (Å²) in [5.74, 6) is 0.557. The fourth-order valence-electron chi connectivity index (χ4n) is 2.92. The maximum atomic E-state index is 12.2. The topological polar surface area (TPSA) is 58.1 Å². The van der Waals surface area contributed by atoms with E-state index < -0.39 is 0 Å². The number of anilines is 1. The van der Waals surface area contributed by atoms with Crippen molar-refractivity contribution in [1.82, 2.24) is 15.1 Å². The molecular weight excluding hydrogens is 308 g/mol. The van der Waals surface area contributed by atoms with Gasteiger partial charge in [-0.1, -0.05) is 18.2 Å². The van der Waals surface area contributed by atoms with Crippen LogP contribution in [0.25, 0.3) is 0 Å². The Kier molecular flexibility index (Phi) is 5.03. The van der Waals surface area contributed by atoms with Gasteiger partial charge in [-0.05, 0) is 51.4 Å². The monoisotopic (exact) mass is 330 g/mol. The van der Waals surface area contributed by atoms with E-state index in [2.05, 4.69) is 20.4 Å². The van der Waals surface area contributed by atoms with Crippen molar-refractivity contribution in [1.29, 1.82) is 0 Å². The summed E-state index contributed by atoms with van der Waals surface area (Å²) in [6.45, 7) is 6.32. The van der Waals surface area contributed by atoms with Gasteiger partial charge in [0, 0.05) is 11.6 Å². The minimum Gasteiger partial charge on any atom is -0.325 e. The zero-order valence-corrected chi connectivity index (χ0v) is 14.4. The summed E-state index contributed by atoms with van der Waals surface area (Å²) in [5.41, 5.74) is 1.99. The lowest BCUT2D eigenvalue weighted by Gasteiger charge is -2.30. The van der Waals surface area contributed by atoms with Gasteiger partial charge >= 0.3 is 0 Å². The van der Waals surface area contributed by atoms with Gasteiger partial charge < -0.3 is 5.32 Å². The molecule has 1 aromatic carbocycles. The highest BCUT2D eigenvalue weighted by Crippen LogP contribution is 2.29. The normalized spacial score (nSPS) is 16.4. The minimum atomic E-state index is 0.0597. The Balaban J connectivity index is 1.49. The second-order valence-electron chi connectivity index (χ2n) is 6.07. The van der Waals surface area contributed by atoms with Crippen LogP contribution >= 0.6 is 11.3 Å². The van der Waals surface area contributed by atoms with Crippen LogP contribution in [0.2, 0.25) is 0 Å². The number of aromatic nitrogens is 2. The number of aryl methyl sites for hydroxylation is 2. The van der Waals surface area contributed by atoms with E-state index >= 15 is 0 Å². The van der Waals surface area contributed by atoms with E-state index in [-0.39, 0.29) is 5.91 Å². The lowest BCUT2D eigenvalue weighted by atomic mass is 9.98. The van der Waals surface area contributed by atoms with Gasteiger partial charge in [0.2, 0.25) is 5.91 Å². The molecule has 5 nitrogen and oxygen atoms in total. The lowest BCUT2D eigenvalue weighted by Crippen LogP contribution is -2.38. The fraction of sp³-hybridized carbons (Fsp3) is 0.471. The summed E-state index contributed by atoms with van der Waals surface area (Å²) in [7, 11) is 0. The molecule has 0 saturated carbocycles. The first-order valence-corrected chi connectivity index (χ1v) is 8.81. The predicted octanol–water partition coefficient (Wildman–Crippen LogP) is 2.97. The molecule has 1 N–H and O–H groups in total. The molecule has 0 atom stereocenters. The van der Waals surface area contributed by atoms with E-state index in [1.807, 2.05) is 38.1 Å². The van der Waals surface area contributed by atoms with Crippen LogP contribution in [0.1, 0.15) is 34.3 Å². The van der Waals surface area contributed by atoms with Gasteiger partial charge in [0.25, 0.3) is 0 Å². The highest BCUT2D eigenvalue weighted by molar-refractivity contribution is 7.11. The number of amides is 1. The number of piperidine rings is 1. The minimum absolute atomic E-state index is 0.0597. The van der Waals surface area contributed by atoms with Gasteiger partial charge in [0.05, 0.1) is 6.54 Å². The molecule has 2 heterocycles. The van der Waals surface area contributed by atoms with Gasteiger partial charge in [-0.3, -0.25) is 9.69 Å². The molecule has 0 radical (unpaired) electrons. The number of nitrogens with one attached hydrogen (secondary N) is 1. The van der Waals surface area contributed by atoms with Crippen LogP contribution in [0, 0.1) is 13.8 Å². The third-order valence-corrected chi connectivity index (χ3v) is 5.27. The summed E-state index contributed by atoms with van der Waals surface area (Å²) in [4.78, 5) is 14.4. The summed E-state index contributed by atoms with van der Waals surface area (Å²) in [6.07, 6.45) is 2.10. The maximum Gasteiger partial charge on any atom is 0.238 e. The maximum absolute atomic E-state index is 12.2. The molecule has 1 saturated heterocycles. The van der Waals surface area contributed by atoms with Crippen molar-refractivity contribution in [3.05, 3.63) is 39.8 Å². The number of para-hydroxylation sites is 1. The molecule has 23 heavy (non-hydrogen) atoms. The van der Waals surface area contributed by atoms with Crippen LogP contribution in [-0.4, -0.2) is 40.6 Å². The van der Waals surface area contributed by atoms with Crippen LogP contribution < -0.4 is 5.32 Å². The molecule has 0 bridgehead atoms. The van der Waals surface area contributed by atoms with E-state index in [9.17, 15) is 4.79 Å². The van der Waals surface area contributed by atoms with Crippen molar-refractivity contribution in [2.75, 3.05) is 25.0 Å². The summed E-state index contributed by atoms with van der Waals surface area (Å²) < 4.78 is 0. The molecule has 1 aliphatic heterocycles. The molecule has 1 aromatic heterocycles. The van der Waals surface area contributed by atoms with Crippen LogP contribution in [0.15, 0.2) is 24.3 Å². The Morgan fingerprint density at radius 2 is 2.00 bits per heavy atom. The van der Waals surface area contributed by atoms with Crippen molar-refractivity contribution >= 4 is 22.9 Å². The van der Waals surface area contributed by atoms with Crippen molar-refractivity contribution in [2.24, 2.45) is 0 Å². The number of carbonyl (C=O) groups excluding carboxylic acids is 1. The molecule has 1 fully saturated rings. The zero-order valence-electron chi connectivity index (χ0n) is 13.6. The quantitative estimate of drug-likeness (QED) is 0.936. The van der Waals surface area contributed by atoms with E-state index in [1.165, 1.54) is 0 Å². The fourth-order valence-corrected chi connectivity index (χ4v) is 3.79. The molecule has 0 unspecified atom stereocenters. The molecule has 6 heteroatoms. The largest absolute Gasteiger partial charge is 0.325 e. The standard InChI is InChI=1S/C17H22N4OS/c1-12-5-3-4-6-15(12)18-16(22)11-21-9-7-14(8-10-21)17-20-19-13(2)23-17/h3-6,14H,7-11H2,1-2H3,(H,18,22). The number of hydrogen-bond donors (Lipinski definition) is 1. The van der Waals surface area contributed by atoms with E-state index in [4.69, 9.17) is 0 Å². The van der Waals surface area contributed by atoms with Gasteiger partial charge in [0.15, 0.2) is 0 Å². The Labute approximate surface area is 140 Å². The summed E-state index contributed by atoms with van der Waals surface area (Å²) in [6, 6.07) is 7.87. The van der Waals surface area contributed by atoms with Gasteiger partial charge in [0.1, 0.15) is 10.0 Å². The van der Waals surface area contributed by atoms with Crippen molar-refractivity contribution < 1.29 is 4.79 Å². The SMILES string of the molecule is Cc1nnc(C2CCN(CC(=O)Nc3ccccc3C)CC2)s1.